The SMILES string of the molecule is CC(C)CN1CCO[C@@H](CNC(=O)c2cccc(S(=O)(=O)N3CCNC(=O)C3)c2)C1. The van der Waals surface area contributed by atoms with Crippen molar-refractivity contribution < 1.29 is 22.7 Å². The Hall–Kier alpha value is -2.01. The zero-order chi connectivity index (χ0) is 21.7. The summed E-state index contributed by atoms with van der Waals surface area (Å²) in [7, 11) is -3.84. The van der Waals surface area contributed by atoms with Crippen LogP contribution in [-0.4, -0.2) is 88.0 Å². The minimum atomic E-state index is -3.84. The van der Waals surface area contributed by atoms with Crippen LogP contribution in [0.2, 0.25) is 0 Å². The number of rotatable bonds is 7. The zero-order valence-corrected chi connectivity index (χ0v) is 18.3. The number of carbonyl (C=O) groups is 2. The summed E-state index contributed by atoms with van der Waals surface area (Å²) in [5.41, 5.74) is 0.257. The smallest absolute Gasteiger partial charge is 0.251 e. The number of amides is 2. The first-order valence-corrected chi connectivity index (χ1v) is 11.7. The minimum absolute atomic E-state index is 0.00174. The van der Waals surface area contributed by atoms with E-state index in [-0.39, 0.29) is 48.0 Å². The van der Waals surface area contributed by atoms with Crippen molar-refractivity contribution in [2.75, 3.05) is 52.4 Å². The summed E-state index contributed by atoms with van der Waals surface area (Å²) in [5, 5.41) is 5.45. The molecule has 0 radical (unpaired) electrons. The number of carbonyl (C=O) groups excluding carboxylic acids is 2. The summed E-state index contributed by atoms with van der Waals surface area (Å²) in [6, 6.07) is 5.90. The molecule has 166 valence electrons. The Bertz CT molecular complexity index is 874. The lowest BCUT2D eigenvalue weighted by molar-refractivity contribution is -0.122. The third-order valence-electron chi connectivity index (χ3n) is 5.07. The second-order valence-electron chi connectivity index (χ2n) is 8.07. The molecular weight excluding hydrogens is 408 g/mol. The molecule has 1 aromatic rings. The Balaban J connectivity index is 1.61. The quantitative estimate of drug-likeness (QED) is 0.615. The summed E-state index contributed by atoms with van der Waals surface area (Å²) in [6.45, 7) is 8.21. The van der Waals surface area contributed by atoms with Crippen LogP contribution in [0, 0.1) is 5.92 Å². The molecule has 10 heteroatoms. The molecule has 0 aliphatic carbocycles. The number of hydrogen-bond acceptors (Lipinski definition) is 6. The van der Waals surface area contributed by atoms with Crippen LogP contribution < -0.4 is 10.6 Å². The number of sulfonamides is 1. The van der Waals surface area contributed by atoms with Crippen molar-refractivity contribution in [3.05, 3.63) is 29.8 Å². The molecule has 2 aliphatic rings. The molecule has 0 aromatic heterocycles. The zero-order valence-electron chi connectivity index (χ0n) is 17.5. The molecule has 0 unspecified atom stereocenters. The molecule has 1 atom stereocenters. The van der Waals surface area contributed by atoms with Crippen molar-refractivity contribution >= 4 is 21.8 Å². The van der Waals surface area contributed by atoms with Gasteiger partial charge in [0.2, 0.25) is 15.9 Å². The fourth-order valence-electron chi connectivity index (χ4n) is 3.66. The van der Waals surface area contributed by atoms with E-state index in [4.69, 9.17) is 4.74 Å². The van der Waals surface area contributed by atoms with Crippen LogP contribution in [0.25, 0.3) is 0 Å². The second kappa shape index (κ2) is 9.86. The Kier molecular flexibility index (Phi) is 7.45. The topological polar surface area (TPSA) is 108 Å². The first-order chi connectivity index (χ1) is 14.3. The molecule has 1 aromatic carbocycles. The lowest BCUT2D eigenvalue weighted by Gasteiger charge is -2.34. The molecule has 3 rings (SSSR count). The number of ether oxygens (including phenoxy) is 1. The molecule has 2 aliphatic heterocycles. The molecule has 0 saturated carbocycles. The van der Waals surface area contributed by atoms with Gasteiger partial charge in [0.1, 0.15) is 0 Å². The first kappa shape index (κ1) is 22.7. The van der Waals surface area contributed by atoms with E-state index in [1.807, 2.05) is 0 Å². The first-order valence-electron chi connectivity index (χ1n) is 10.2. The van der Waals surface area contributed by atoms with E-state index in [0.717, 1.165) is 23.9 Å². The van der Waals surface area contributed by atoms with Crippen LogP contribution in [0.1, 0.15) is 24.2 Å². The maximum absolute atomic E-state index is 12.8. The van der Waals surface area contributed by atoms with Gasteiger partial charge in [-0.1, -0.05) is 19.9 Å². The highest BCUT2D eigenvalue weighted by atomic mass is 32.2. The van der Waals surface area contributed by atoms with Gasteiger partial charge in [0.15, 0.2) is 0 Å². The van der Waals surface area contributed by atoms with Gasteiger partial charge in [0.25, 0.3) is 5.91 Å². The Morgan fingerprint density at radius 1 is 1.33 bits per heavy atom. The highest BCUT2D eigenvalue weighted by Gasteiger charge is 2.29. The Morgan fingerprint density at radius 2 is 2.13 bits per heavy atom. The van der Waals surface area contributed by atoms with E-state index in [0.29, 0.717) is 19.1 Å². The van der Waals surface area contributed by atoms with E-state index >= 15 is 0 Å². The van der Waals surface area contributed by atoms with Gasteiger partial charge in [-0.25, -0.2) is 8.42 Å². The number of morpholine rings is 1. The van der Waals surface area contributed by atoms with Crippen LogP contribution in [-0.2, 0) is 19.6 Å². The van der Waals surface area contributed by atoms with Crippen molar-refractivity contribution in [2.45, 2.75) is 24.8 Å². The predicted molar refractivity (Wildman–Crippen MR) is 112 cm³/mol. The fourth-order valence-corrected chi connectivity index (χ4v) is 5.11. The van der Waals surface area contributed by atoms with Crippen molar-refractivity contribution in [1.82, 2.24) is 19.8 Å². The van der Waals surface area contributed by atoms with Gasteiger partial charge in [-0.2, -0.15) is 4.31 Å². The summed E-state index contributed by atoms with van der Waals surface area (Å²) >= 11 is 0. The molecular formula is C20H30N4O5S. The molecule has 30 heavy (non-hydrogen) atoms. The Labute approximate surface area is 177 Å². The van der Waals surface area contributed by atoms with Crippen molar-refractivity contribution in [3.8, 4) is 0 Å². The molecule has 2 heterocycles. The summed E-state index contributed by atoms with van der Waals surface area (Å²) in [4.78, 5) is 26.5. The van der Waals surface area contributed by atoms with E-state index < -0.39 is 10.0 Å². The third kappa shape index (κ3) is 5.78. The average Bonchev–Trinajstić information content (AvgIpc) is 2.72. The molecule has 9 nitrogen and oxygen atoms in total. The number of piperazine rings is 1. The van der Waals surface area contributed by atoms with Gasteiger partial charge >= 0.3 is 0 Å². The highest BCUT2D eigenvalue weighted by Crippen LogP contribution is 2.18. The van der Waals surface area contributed by atoms with Gasteiger partial charge in [-0.3, -0.25) is 14.5 Å². The fraction of sp³-hybridized carbons (Fsp3) is 0.600. The van der Waals surface area contributed by atoms with Crippen molar-refractivity contribution in [2.24, 2.45) is 5.92 Å². The number of hydrogen-bond donors (Lipinski definition) is 2. The number of nitrogens with zero attached hydrogens (tertiary/aromatic N) is 2. The van der Waals surface area contributed by atoms with E-state index in [1.165, 1.54) is 18.2 Å². The summed E-state index contributed by atoms with van der Waals surface area (Å²) in [6.07, 6.45) is -0.0970. The molecule has 0 bridgehead atoms. The number of benzene rings is 1. The maximum Gasteiger partial charge on any atom is 0.251 e. The van der Waals surface area contributed by atoms with Gasteiger partial charge in [0, 0.05) is 44.8 Å². The Morgan fingerprint density at radius 3 is 2.87 bits per heavy atom. The van der Waals surface area contributed by atoms with Crippen molar-refractivity contribution in [3.63, 3.8) is 0 Å². The van der Waals surface area contributed by atoms with Gasteiger partial charge in [0.05, 0.1) is 24.2 Å². The third-order valence-corrected chi connectivity index (χ3v) is 6.92. The maximum atomic E-state index is 12.8. The second-order valence-corrected chi connectivity index (χ2v) is 10.0. The monoisotopic (exact) mass is 438 g/mol. The van der Waals surface area contributed by atoms with Crippen LogP contribution in [0.15, 0.2) is 29.2 Å². The molecule has 2 saturated heterocycles. The lowest BCUT2D eigenvalue weighted by Crippen LogP contribution is -2.49. The van der Waals surface area contributed by atoms with Gasteiger partial charge in [-0.15, -0.1) is 0 Å². The largest absolute Gasteiger partial charge is 0.374 e. The van der Waals surface area contributed by atoms with Crippen molar-refractivity contribution in [1.29, 1.82) is 0 Å². The lowest BCUT2D eigenvalue weighted by atomic mass is 10.1. The van der Waals surface area contributed by atoms with Crippen LogP contribution in [0.5, 0.6) is 0 Å². The molecule has 2 N–H and O–H groups in total. The van der Waals surface area contributed by atoms with Gasteiger partial charge in [-0.05, 0) is 24.1 Å². The average molecular weight is 439 g/mol. The van der Waals surface area contributed by atoms with E-state index in [2.05, 4.69) is 29.4 Å². The normalized spacial score (nSPS) is 21.4. The summed E-state index contributed by atoms with van der Waals surface area (Å²) < 4.78 is 32.5. The van der Waals surface area contributed by atoms with Gasteiger partial charge < -0.3 is 15.4 Å². The molecule has 2 fully saturated rings. The molecule has 2 amide bonds. The van der Waals surface area contributed by atoms with E-state index in [9.17, 15) is 18.0 Å². The predicted octanol–water partition coefficient (Wildman–Crippen LogP) is -0.106. The van der Waals surface area contributed by atoms with E-state index in [1.54, 1.807) is 6.07 Å². The van der Waals surface area contributed by atoms with Crippen LogP contribution in [0.3, 0.4) is 0 Å². The standard InChI is InChI=1S/C20H30N4O5S/c1-15(2)12-23-8-9-29-17(13-23)11-22-20(26)16-4-3-5-18(10-16)30(27,28)24-7-6-21-19(25)14-24/h3-5,10,15,17H,6-9,11-14H2,1-2H3,(H,21,25)(H,22,26)/t17-/m0/s1. The molecule has 0 spiro atoms. The van der Waals surface area contributed by atoms with Crippen LogP contribution in [0.4, 0.5) is 0 Å². The summed E-state index contributed by atoms with van der Waals surface area (Å²) in [5.74, 6) is -0.125. The number of nitrogens with one attached hydrogen (secondary N) is 2. The minimum Gasteiger partial charge on any atom is -0.374 e. The highest BCUT2D eigenvalue weighted by molar-refractivity contribution is 7.89. The van der Waals surface area contributed by atoms with Crippen LogP contribution >= 0.6 is 0 Å².